The highest BCUT2D eigenvalue weighted by molar-refractivity contribution is 7.92. The molecule has 0 saturated heterocycles. The number of benzene rings is 2. The van der Waals surface area contributed by atoms with Gasteiger partial charge in [0.15, 0.2) is 0 Å². The lowest BCUT2D eigenvalue weighted by Crippen LogP contribution is -2.14. The van der Waals surface area contributed by atoms with Gasteiger partial charge in [0.25, 0.3) is 10.0 Å². The van der Waals surface area contributed by atoms with Gasteiger partial charge >= 0.3 is 0 Å². The molecular formula is C18H16F2N4O3S. The highest BCUT2D eigenvalue weighted by Crippen LogP contribution is 2.23. The third-order valence-corrected chi connectivity index (χ3v) is 5.03. The summed E-state index contributed by atoms with van der Waals surface area (Å²) in [5, 5.41) is 3.05. The van der Waals surface area contributed by atoms with Crippen molar-refractivity contribution in [2.24, 2.45) is 0 Å². The number of hydrogen-bond donors (Lipinski definition) is 2. The average Bonchev–Trinajstić information content (AvgIpc) is 2.62. The Morgan fingerprint density at radius 2 is 1.64 bits per heavy atom. The Morgan fingerprint density at radius 1 is 0.964 bits per heavy atom. The summed E-state index contributed by atoms with van der Waals surface area (Å²) >= 11 is 0. The van der Waals surface area contributed by atoms with E-state index < -0.39 is 26.6 Å². The SMILES string of the molecule is COc1cc(Nc2ccc(NS(=O)(=O)c3ccc(F)cc3F)cc2)nc(C)n1. The van der Waals surface area contributed by atoms with E-state index in [4.69, 9.17) is 4.74 Å². The minimum Gasteiger partial charge on any atom is -0.481 e. The Morgan fingerprint density at radius 3 is 2.29 bits per heavy atom. The zero-order valence-electron chi connectivity index (χ0n) is 14.9. The molecule has 10 heteroatoms. The van der Waals surface area contributed by atoms with E-state index in [1.165, 1.54) is 19.2 Å². The van der Waals surface area contributed by atoms with Crippen molar-refractivity contribution in [1.82, 2.24) is 9.97 Å². The van der Waals surface area contributed by atoms with Gasteiger partial charge in [-0.1, -0.05) is 0 Å². The number of nitrogens with one attached hydrogen (secondary N) is 2. The first-order valence-electron chi connectivity index (χ1n) is 8.01. The summed E-state index contributed by atoms with van der Waals surface area (Å²) in [6.07, 6.45) is 0. The second-order valence-corrected chi connectivity index (χ2v) is 7.38. The largest absolute Gasteiger partial charge is 0.481 e. The lowest BCUT2D eigenvalue weighted by molar-refractivity contribution is 0.396. The van der Waals surface area contributed by atoms with E-state index in [9.17, 15) is 17.2 Å². The van der Waals surface area contributed by atoms with E-state index in [1.807, 2.05) is 0 Å². The van der Waals surface area contributed by atoms with Gasteiger partial charge in [-0.2, -0.15) is 4.98 Å². The number of anilines is 3. The van der Waals surface area contributed by atoms with Gasteiger partial charge in [-0.15, -0.1) is 0 Å². The van der Waals surface area contributed by atoms with E-state index in [2.05, 4.69) is 20.0 Å². The molecule has 2 aromatic carbocycles. The molecule has 0 aliphatic rings. The van der Waals surface area contributed by atoms with Crippen LogP contribution in [0.1, 0.15) is 5.82 Å². The molecule has 28 heavy (non-hydrogen) atoms. The fourth-order valence-corrected chi connectivity index (χ4v) is 3.50. The standard InChI is InChI=1S/C18H16F2N4O3S/c1-11-21-17(10-18(22-11)27-2)23-13-4-6-14(7-5-13)24-28(25,26)16-8-3-12(19)9-15(16)20/h3-10,24H,1-2H3,(H,21,22,23). The number of aromatic nitrogens is 2. The van der Waals surface area contributed by atoms with Crippen molar-refractivity contribution in [2.75, 3.05) is 17.1 Å². The quantitative estimate of drug-likeness (QED) is 0.650. The molecule has 0 amide bonds. The molecule has 0 spiro atoms. The normalized spacial score (nSPS) is 11.1. The highest BCUT2D eigenvalue weighted by atomic mass is 32.2. The molecule has 0 atom stereocenters. The van der Waals surface area contributed by atoms with Gasteiger partial charge in [-0.05, 0) is 43.3 Å². The maximum Gasteiger partial charge on any atom is 0.264 e. The van der Waals surface area contributed by atoms with Crippen molar-refractivity contribution >= 4 is 27.2 Å². The summed E-state index contributed by atoms with van der Waals surface area (Å²) in [5.74, 6) is -0.596. The van der Waals surface area contributed by atoms with Crippen molar-refractivity contribution in [3.8, 4) is 5.88 Å². The number of nitrogens with zero attached hydrogens (tertiary/aromatic N) is 2. The van der Waals surface area contributed by atoms with Crippen LogP contribution in [0.15, 0.2) is 53.4 Å². The molecule has 1 heterocycles. The van der Waals surface area contributed by atoms with Gasteiger partial charge in [0.1, 0.15) is 28.2 Å². The number of aryl methyl sites for hydroxylation is 1. The van der Waals surface area contributed by atoms with Crippen LogP contribution in [0.5, 0.6) is 5.88 Å². The molecule has 0 aliphatic heterocycles. The van der Waals surface area contributed by atoms with Crippen molar-refractivity contribution in [2.45, 2.75) is 11.8 Å². The zero-order valence-corrected chi connectivity index (χ0v) is 15.7. The topological polar surface area (TPSA) is 93.2 Å². The molecule has 3 aromatic rings. The first-order valence-corrected chi connectivity index (χ1v) is 9.50. The molecule has 2 N–H and O–H groups in total. The van der Waals surface area contributed by atoms with Crippen LogP contribution in [0, 0.1) is 18.6 Å². The molecule has 1 aromatic heterocycles. The molecule has 0 fully saturated rings. The number of hydrogen-bond acceptors (Lipinski definition) is 6. The smallest absolute Gasteiger partial charge is 0.264 e. The fraction of sp³-hybridized carbons (Fsp3) is 0.111. The molecule has 0 unspecified atom stereocenters. The molecule has 3 rings (SSSR count). The monoisotopic (exact) mass is 406 g/mol. The van der Waals surface area contributed by atoms with Gasteiger partial charge in [-0.3, -0.25) is 4.72 Å². The summed E-state index contributed by atoms with van der Waals surface area (Å²) in [5.41, 5.74) is 0.849. The minimum absolute atomic E-state index is 0.214. The van der Waals surface area contributed by atoms with Crippen LogP contribution in [0.2, 0.25) is 0 Å². The van der Waals surface area contributed by atoms with Gasteiger partial charge < -0.3 is 10.1 Å². The Hall–Kier alpha value is -3.27. The summed E-state index contributed by atoms with van der Waals surface area (Å²) in [7, 11) is -2.70. The molecule has 146 valence electrons. The summed E-state index contributed by atoms with van der Waals surface area (Å²) in [6.45, 7) is 1.72. The first-order chi connectivity index (χ1) is 13.3. The maximum absolute atomic E-state index is 13.8. The van der Waals surface area contributed by atoms with Gasteiger partial charge in [-0.25, -0.2) is 22.2 Å². The molecule has 0 radical (unpaired) electrons. The second kappa shape index (κ2) is 7.77. The van der Waals surface area contributed by atoms with Crippen molar-refractivity contribution in [3.05, 3.63) is 66.0 Å². The number of methoxy groups -OCH3 is 1. The molecule has 0 saturated carbocycles. The average molecular weight is 406 g/mol. The van der Waals surface area contributed by atoms with Crippen LogP contribution in [-0.2, 0) is 10.0 Å². The molecule has 0 aliphatic carbocycles. The Kier molecular flexibility index (Phi) is 5.41. The number of ether oxygens (including phenoxy) is 1. The number of halogens is 2. The van der Waals surface area contributed by atoms with Crippen molar-refractivity contribution < 1.29 is 21.9 Å². The van der Waals surface area contributed by atoms with E-state index in [0.717, 1.165) is 12.1 Å². The van der Waals surface area contributed by atoms with Gasteiger partial charge in [0, 0.05) is 23.5 Å². The highest BCUT2D eigenvalue weighted by Gasteiger charge is 2.19. The predicted molar refractivity (Wildman–Crippen MR) is 100 cm³/mol. The first kappa shape index (κ1) is 19.5. The summed E-state index contributed by atoms with van der Waals surface area (Å²) < 4.78 is 58.7. The van der Waals surface area contributed by atoms with E-state index >= 15 is 0 Å². The minimum atomic E-state index is -4.20. The van der Waals surface area contributed by atoms with E-state index in [-0.39, 0.29) is 5.69 Å². The molecule has 7 nitrogen and oxygen atoms in total. The summed E-state index contributed by atoms with van der Waals surface area (Å²) in [6, 6.07) is 10.1. The van der Waals surface area contributed by atoms with Crippen LogP contribution >= 0.6 is 0 Å². The Balaban J connectivity index is 1.76. The van der Waals surface area contributed by atoms with Crippen LogP contribution in [-0.4, -0.2) is 25.5 Å². The second-order valence-electron chi connectivity index (χ2n) is 5.73. The van der Waals surface area contributed by atoms with Crippen LogP contribution in [0.4, 0.5) is 26.0 Å². The zero-order chi connectivity index (χ0) is 20.3. The predicted octanol–water partition coefficient (Wildman–Crippen LogP) is 3.62. The lowest BCUT2D eigenvalue weighted by Gasteiger charge is -2.11. The molecular weight excluding hydrogens is 390 g/mol. The third-order valence-electron chi connectivity index (χ3n) is 3.62. The Bertz CT molecular complexity index is 1110. The number of rotatable bonds is 6. The summed E-state index contributed by atoms with van der Waals surface area (Å²) in [4.78, 5) is 7.68. The van der Waals surface area contributed by atoms with Crippen LogP contribution < -0.4 is 14.8 Å². The van der Waals surface area contributed by atoms with Crippen molar-refractivity contribution in [1.29, 1.82) is 0 Å². The number of sulfonamides is 1. The van der Waals surface area contributed by atoms with E-state index in [1.54, 1.807) is 25.1 Å². The Labute approximate surface area is 160 Å². The van der Waals surface area contributed by atoms with Crippen molar-refractivity contribution in [3.63, 3.8) is 0 Å². The van der Waals surface area contributed by atoms with E-state index in [0.29, 0.717) is 29.3 Å². The van der Waals surface area contributed by atoms with Crippen LogP contribution in [0.3, 0.4) is 0 Å². The lowest BCUT2D eigenvalue weighted by atomic mass is 10.3. The fourth-order valence-electron chi connectivity index (χ4n) is 2.38. The van der Waals surface area contributed by atoms with Crippen LogP contribution in [0.25, 0.3) is 0 Å². The third kappa shape index (κ3) is 4.52. The molecule has 0 bridgehead atoms. The van der Waals surface area contributed by atoms with Gasteiger partial charge in [0.05, 0.1) is 7.11 Å². The maximum atomic E-state index is 13.8. The van der Waals surface area contributed by atoms with Gasteiger partial charge in [0.2, 0.25) is 5.88 Å².